The van der Waals surface area contributed by atoms with Crippen LogP contribution in [-0.2, 0) is 0 Å². The molecular weight excluding hydrogens is 222 g/mol. The Labute approximate surface area is 108 Å². The number of hydrogen-bond donors (Lipinski definition) is 1. The first-order chi connectivity index (χ1) is 8.50. The van der Waals surface area contributed by atoms with Crippen molar-refractivity contribution in [2.75, 3.05) is 5.73 Å². The van der Waals surface area contributed by atoms with Crippen LogP contribution in [-0.4, -0.2) is 9.97 Å². The normalized spacial score (nSPS) is 10.9. The van der Waals surface area contributed by atoms with E-state index in [1.54, 1.807) is 6.33 Å². The number of rotatable bonds is 2. The van der Waals surface area contributed by atoms with E-state index in [2.05, 4.69) is 55.9 Å². The van der Waals surface area contributed by atoms with Gasteiger partial charge < -0.3 is 5.73 Å². The molecule has 0 bridgehead atoms. The summed E-state index contributed by atoms with van der Waals surface area (Å²) in [6, 6.07) is 6.38. The first kappa shape index (κ1) is 12.6. The van der Waals surface area contributed by atoms with E-state index in [4.69, 9.17) is 5.73 Å². The van der Waals surface area contributed by atoms with Crippen LogP contribution >= 0.6 is 0 Å². The molecule has 0 atom stereocenters. The van der Waals surface area contributed by atoms with Crippen molar-refractivity contribution in [1.29, 1.82) is 0 Å². The fourth-order valence-electron chi connectivity index (χ4n) is 2.18. The molecule has 0 saturated heterocycles. The average molecular weight is 241 g/mol. The molecule has 0 saturated carbocycles. The van der Waals surface area contributed by atoms with Crippen molar-refractivity contribution >= 4 is 5.82 Å². The predicted octanol–water partition coefficient (Wildman–Crippen LogP) is 3.47. The molecule has 0 unspecified atom stereocenters. The molecule has 0 radical (unpaired) electrons. The summed E-state index contributed by atoms with van der Waals surface area (Å²) < 4.78 is 0. The highest BCUT2D eigenvalue weighted by Gasteiger charge is 2.15. The molecule has 3 heteroatoms. The largest absolute Gasteiger partial charge is 0.383 e. The van der Waals surface area contributed by atoms with Crippen LogP contribution < -0.4 is 5.73 Å². The molecule has 0 amide bonds. The number of nitrogens with zero attached hydrogens (tertiary/aromatic N) is 2. The molecule has 3 nitrogen and oxygen atoms in total. The van der Waals surface area contributed by atoms with Gasteiger partial charge in [0.2, 0.25) is 0 Å². The second kappa shape index (κ2) is 4.77. The van der Waals surface area contributed by atoms with Crippen LogP contribution in [0.15, 0.2) is 24.5 Å². The Morgan fingerprint density at radius 2 is 1.83 bits per heavy atom. The summed E-state index contributed by atoms with van der Waals surface area (Å²) in [5.74, 6) is 0.886. The molecule has 1 aromatic carbocycles. The fraction of sp³-hybridized carbons (Fsp3) is 0.333. The number of nitrogens with two attached hydrogens (primary N) is 1. The van der Waals surface area contributed by atoms with Gasteiger partial charge in [-0.05, 0) is 31.4 Å². The molecule has 2 rings (SSSR count). The number of benzene rings is 1. The fourth-order valence-corrected chi connectivity index (χ4v) is 2.18. The van der Waals surface area contributed by atoms with Crippen molar-refractivity contribution in [3.05, 3.63) is 41.2 Å². The van der Waals surface area contributed by atoms with Crippen molar-refractivity contribution < 1.29 is 0 Å². The van der Waals surface area contributed by atoms with E-state index < -0.39 is 0 Å². The van der Waals surface area contributed by atoms with Crippen LogP contribution in [0.1, 0.15) is 36.5 Å². The summed E-state index contributed by atoms with van der Waals surface area (Å²) in [6.45, 7) is 8.41. The van der Waals surface area contributed by atoms with Gasteiger partial charge in [0.05, 0.1) is 5.69 Å². The smallest absolute Gasteiger partial charge is 0.130 e. The van der Waals surface area contributed by atoms with Crippen LogP contribution in [0.25, 0.3) is 11.3 Å². The second-order valence-electron chi connectivity index (χ2n) is 4.99. The quantitative estimate of drug-likeness (QED) is 0.876. The predicted molar refractivity (Wildman–Crippen MR) is 75.4 cm³/mol. The third kappa shape index (κ3) is 2.21. The Balaban J connectivity index is 2.71. The summed E-state index contributed by atoms with van der Waals surface area (Å²) in [5.41, 5.74) is 11.6. The molecule has 18 heavy (non-hydrogen) atoms. The van der Waals surface area contributed by atoms with Crippen LogP contribution in [0.4, 0.5) is 5.82 Å². The Kier molecular flexibility index (Phi) is 3.32. The lowest BCUT2D eigenvalue weighted by Crippen LogP contribution is -2.04. The molecule has 1 heterocycles. The lowest BCUT2D eigenvalue weighted by molar-refractivity contribution is 0.854. The van der Waals surface area contributed by atoms with E-state index in [1.807, 2.05) is 0 Å². The zero-order chi connectivity index (χ0) is 13.3. The summed E-state index contributed by atoms with van der Waals surface area (Å²) in [4.78, 5) is 8.55. The van der Waals surface area contributed by atoms with Gasteiger partial charge in [0, 0.05) is 11.1 Å². The second-order valence-corrected chi connectivity index (χ2v) is 4.99. The monoisotopic (exact) mass is 241 g/mol. The Hall–Kier alpha value is -1.90. The first-order valence-corrected chi connectivity index (χ1v) is 6.18. The Morgan fingerprint density at radius 1 is 1.11 bits per heavy atom. The highest BCUT2D eigenvalue weighted by Crippen LogP contribution is 2.32. The summed E-state index contributed by atoms with van der Waals surface area (Å²) >= 11 is 0. The zero-order valence-corrected chi connectivity index (χ0v) is 11.4. The third-order valence-corrected chi connectivity index (χ3v) is 3.14. The standard InChI is InChI=1S/C15H19N3/c1-9(2)13-14(17-8-18-15(13)16)12-7-10(3)5-6-11(12)4/h5-9H,1-4H3,(H2,16,17,18). The maximum atomic E-state index is 6.00. The molecule has 0 fully saturated rings. The van der Waals surface area contributed by atoms with Gasteiger partial charge in [0.1, 0.15) is 12.1 Å². The lowest BCUT2D eigenvalue weighted by atomic mass is 9.94. The molecular formula is C15H19N3. The van der Waals surface area contributed by atoms with Gasteiger partial charge in [-0.15, -0.1) is 0 Å². The highest BCUT2D eigenvalue weighted by atomic mass is 14.9. The van der Waals surface area contributed by atoms with Crippen molar-refractivity contribution in [3.8, 4) is 11.3 Å². The van der Waals surface area contributed by atoms with E-state index in [0.717, 1.165) is 16.8 Å². The minimum atomic E-state index is 0.307. The van der Waals surface area contributed by atoms with Gasteiger partial charge in [0.25, 0.3) is 0 Å². The van der Waals surface area contributed by atoms with E-state index in [-0.39, 0.29) is 0 Å². The minimum Gasteiger partial charge on any atom is -0.383 e. The van der Waals surface area contributed by atoms with Crippen LogP contribution in [0.3, 0.4) is 0 Å². The molecule has 2 aromatic rings. The van der Waals surface area contributed by atoms with Crippen LogP contribution in [0.5, 0.6) is 0 Å². The topological polar surface area (TPSA) is 51.8 Å². The van der Waals surface area contributed by atoms with Crippen LogP contribution in [0, 0.1) is 13.8 Å². The molecule has 94 valence electrons. The van der Waals surface area contributed by atoms with E-state index in [9.17, 15) is 0 Å². The summed E-state index contributed by atoms with van der Waals surface area (Å²) in [6.07, 6.45) is 1.54. The van der Waals surface area contributed by atoms with E-state index in [1.165, 1.54) is 11.1 Å². The third-order valence-electron chi connectivity index (χ3n) is 3.14. The van der Waals surface area contributed by atoms with Crippen LogP contribution in [0.2, 0.25) is 0 Å². The minimum absolute atomic E-state index is 0.307. The van der Waals surface area contributed by atoms with Gasteiger partial charge in [-0.2, -0.15) is 0 Å². The van der Waals surface area contributed by atoms with Crippen molar-refractivity contribution in [2.45, 2.75) is 33.6 Å². The SMILES string of the molecule is Cc1ccc(C)c(-c2ncnc(N)c2C(C)C)c1. The maximum Gasteiger partial charge on any atom is 0.130 e. The number of hydrogen-bond acceptors (Lipinski definition) is 3. The number of anilines is 1. The van der Waals surface area contributed by atoms with Crippen molar-refractivity contribution in [2.24, 2.45) is 0 Å². The molecule has 0 spiro atoms. The first-order valence-electron chi connectivity index (χ1n) is 6.18. The lowest BCUT2D eigenvalue weighted by Gasteiger charge is -2.15. The van der Waals surface area contributed by atoms with E-state index in [0.29, 0.717) is 11.7 Å². The van der Waals surface area contributed by atoms with E-state index >= 15 is 0 Å². The highest BCUT2D eigenvalue weighted by molar-refractivity contribution is 5.71. The molecule has 0 aliphatic rings. The van der Waals surface area contributed by atoms with Gasteiger partial charge in [-0.25, -0.2) is 9.97 Å². The van der Waals surface area contributed by atoms with Gasteiger partial charge in [-0.3, -0.25) is 0 Å². The van der Waals surface area contributed by atoms with Crippen molar-refractivity contribution in [1.82, 2.24) is 9.97 Å². The molecule has 0 aliphatic carbocycles. The van der Waals surface area contributed by atoms with Gasteiger partial charge >= 0.3 is 0 Å². The molecule has 2 N–H and O–H groups in total. The number of aromatic nitrogens is 2. The maximum absolute atomic E-state index is 6.00. The Bertz CT molecular complexity index is 574. The number of nitrogen functional groups attached to an aromatic ring is 1. The van der Waals surface area contributed by atoms with Gasteiger partial charge in [-0.1, -0.05) is 31.5 Å². The summed E-state index contributed by atoms with van der Waals surface area (Å²) in [5, 5.41) is 0. The summed E-state index contributed by atoms with van der Waals surface area (Å²) in [7, 11) is 0. The molecule has 0 aliphatic heterocycles. The van der Waals surface area contributed by atoms with Gasteiger partial charge in [0.15, 0.2) is 0 Å². The Morgan fingerprint density at radius 3 is 2.50 bits per heavy atom. The van der Waals surface area contributed by atoms with Crippen molar-refractivity contribution in [3.63, 3.8) is 0 Å². The average Bonchev–Trinajstić information content (AvgIpc) is 2.31. The number of aryl methyl sites for hydroxylation is 2. The molecule has 1 aromatic heterocycles. The zero-order valence-electron chi connectivity index (χ0n) is 11.4.